The maximum atomic E-state index is 6.27. The van der Waals surface area contributed by atoms with Gasteiger partial charge < -0.3 is 9.32 Å². The van der Waals surface area contributed by atoms with Crippen LogP contribution in [0.15, 0.2) is 156 Å². The standard InChI is InChI=1S/C45H31NO/c1-45(2)39-17-9-7-13-33(39)34-23-21-31(27-40(34)45)46(30-22-24-43-38(26-30)36-15-8-10-18-42(36)47-43)41-25-29-20-19-28-11-3-4-12-32(28)44(29)37-16-6-5-14-35(37)41/h3-27H,1-2H3. The van der Waals surface area contributed by atoms with Gasteiger partial charge in [0.25, 0.3) is 0 Å². The van der Waals surface area contributed by atoms with Gasteiger partial charge in [-0.2, -0.15) is 0 Å². The van der Waals surface area contributed by atoms with E-state index in [1.807, 2.05) is 12.1 Å². The Morgan fingerprint density at radius 2 is 1.09 bits per heavy atom. The monoisotopic (exact) mass is 601 g/mol. The van der Waals surface area contributed by atoms with Crippen LogP contribution in [0.1, 0.15) is 25.0 Å². The maximum Gasteiger partial charge on any atom is 0.135 e. The molecular formula is C45H31NO. The predicted molar refractivity (Wildman–Crippen MR) is 198 cm³/mol. The van der Waals surface area contributed by atoms with E-state index in [1.54, 1.807) is 0 Å². The molecule has 1 aromatic heterocycles. The number of hydrogen-bond acceptors (Lipinski definition) is 2. The van der Waals surface area contributed by atoms with Crippen molar-refractivity contribution in [3.05, 3.63) is 163 Å². The van der Waals surface area contributed by atoms with Crippen molar-refractivity contribution in [1.82, 2.24) is 0 Å². The summed E-state index contributed by atoms with van der Waals surface area (Å²) in [5.41, 5.74) is 10.5. The number of furan rings is 1. The molecule has 2 nitrogen and oxygen atoms in total. The third-order valence-corrected chi connectivity index (χ3v) is 10.4. The van der Waals surface area contributed by atoms with E-state index in [2.05, 4.69) is 158 Å². The number of fused-ring (bicyclic) bond motifs is 11. The molecule has 8 aromatic carbocycles. The molecule has 0 bridgehead atoms. The van der Waals surface area contributed by atoms with Crippen LogP contribution < -0.4 is 4.90 Å². The lowest BCUT2D eigenvalue weighted by Gasteiger charge is -2.29. The number of nitrogens with zero attached hydrogens (tertiary/aromatic N) is 1. The lowest BCUT2D eigenvalue weighted by Crippen LogP contribution is -2.16. The van der Waals surface area contributed by atoms with E-state index >= 15 is 0 Å². The van der Waals surface area contributed by atoms with Crippen LogP contribution in [0.25, 0.3) is 65.4 Å². The fourth-order valence-electron chi connectivity index (χ4n) is 8.16. The van der Waals surface area contributed by atoms with Gasteiger partial charge in [0.15, 0.2) is 0 Å². The molecule has 0 atom stereocenters. The van der Waals surface area contributed by atoms with E-state index in [9.17, 15) is 0 Å². The van der Waals surface area contributed by atoms with Crippen molar-refractivity contribution >= 4 is 71.3 Å². The molecule has 47 heavy (non-hydrogen) atoms. The minimum absolute atomic E-state index is 0.108. The molecule has 2 heteroatoms. The van der Waals surface area contributed by atoms with Crippen LogP contribution in [0.2, 0.25) is 0 Å². The molecule has 222 valence electrons. The summed E-state index contributed by atoms with van der Waals surface area (Å²) in [5.74, 6) is 0. The van der Waals surface area contributed by atoms with Gasteiger partial charge in [0, 0.05) is 32.9 Å². The Labute approximate surface area is 273 Å². The van der Waals surface area contributed by atoms with E-state index in [0.29, 0.717) is 0 Å². The molecule has 1 aliphatic rings. The van der Waals surface area contributed by atoms with E-state index in [4.69, 9.17) is 4.42 Å². The van der Waals surface area contributed by atoms with Gasteiger partial charge in [0.2, 0.25) is 0 Å². The van der Waals surface area contributed by atoms with Crippen LogP contribution in [0.4, 0.5) is 17.1 Å². The highest BCUT2D eigenvalue weighted by Crippen LogP contribution is 2.51. The summed E-state index contributed by atoms with van der Waals surface area (Å²) in [6, 6.07) is 55.4. The van der Waals surface area contributed by atoms with Gasteiger partial charge in [-0.25, -0.2) is 0 Å². The maximum absolute atomic E-state index is 6.27. The topological polar surface area (TPSA) is 16.4 Å². The minimum Gasteiger partial charge on any atom is -0.456 e. The smallest absolute Gasteiger partial charge is 0.135 e. The van der Waals surface area contributed by atoms with E-state index < -0.39 is 0 Å². The fourth-order valence-corrected chi connectivity index (χ4v) is 8.16. The van der Waals surface area contributed by atoms with Crippen molar-refractivity contribution in [2.24, 2.45) is 0 Å². The second-order valence-electron chi connectivity index (χ2n) is 13.3. The average Bonchev–Trinajstić information content (AvgIpc) is 3.60. The van der Waals surface area contributed by atoms with Gasteiger partial charge in [-0.05, 0) is 91.6 Å². The van der Waals surface area contributed by atoms with Gasteiger partial charge in [-0.1, -0.05) is 123 Å². The van der Waals surface area contributed by atoms with E-state index in [0.717, 1.165) is 39.0 Å². The van der Waals surface area contributed by atoms with Crippen molar-refractivity contribution in [2.75, 3.05) is 4.90 Å². The van der Waals surface area contributed by atoms with Crippen LogP contribution in [-0.4, -0.2) is 0 Å². The van der Waals surface area contributed by atoms with Crippen LogP contribution >= 0.6 is 0 Å². The van der Waals surface area contributed by atoms with Crippen LogP contribution in [-0.2, 0) is 5.41 Å². The Balaban J connectivity index is 1.29. The van der Waals surface area contributed by atoms with Crippen molar-refractivity contribution in [3.63, 3.8) is 0 Å². The lowest BCUT2D eigenvalue weighted by molar-refractivity contribution is 0.660. The molecule has 10 rings (SSSR count). The van der Waals surface area contributed by atoms with Crippen LogP contribution in [0.5, 0.6) is 0 Å². The summed E-state index contributed by atoms with van der Waals surface area (Å²) in [6.45, 7) is 4.71. The molecule has 0 saturated heterocycles. The molecule has 0 aliphatic heterocycles. The Morgan fingerprint density at radius 3 is 1.98 bits per heavy atom. The van der Waals surface area contributed by atoms with Crippen LogP contribution in [0, 0.1) is 0 Å². The van der Waals surface area contributed by atoms with Gasteiger partial charge in [0.1, 0.15) is 11.2 Å². The first-order valence-corrected chi connectivity index (χ1v) is 16.4. The molecule has 0 N–H and O–H groups in total. The molecule has 9 aromatic rings. The Morgan fingerprint density at radius 1 is 0.447 bits per heavy atom. The third kappa shape index (κ3) is 3.73. The zero-order chi connectivity index (χ0) is 31.3. The third-order valence-electron chi connectivity index (χ3n) is 10.4. The molecule has 0 saturated carbocycles. The number of benzene rings is 8. The Hall–Kier alpha value is -5.86. The molecule has 0 fully saturated rings. The molecular weight excluding hydrogens is 571 g/mol. The molecule has 0 amide bonds. The van der Waals surface area contributed by atoms with Gasteiger partial charge in [-0.3, -0.25) is 0 Å². The van der Waals surface area contributed by atoms with E-state index in [1.165, 1.54) is 54.6 Å². The lowest BCUT2D eigenvalue weighted by atomic mass is 9.82. The number of anilines is 3. The number of para-hydroxylation sites is 1. The first-order chi connectivity index (χ1) is 23.1. The first kappa shape index (κ1) is 26.4. The highest BCUT2D eigenvalue weighted by molar-refractivity contribution is 6.23. The van der Waals surface area contributed by atoms with Crippen LogP contribution in [0.3, 0.4) is 0 Å². The summed E-state index contributed by atoms with van der Waals surface area (Å²) in [7, 11) is 0. The summed E-state index contributed by atoms with van der Waals surface area (Å²) in [4.78, 5) is 2.46. The summed E-state index contributed by atoms with van der Waals surface area (Å²) in [6.07, 6.45) is 0. The second-order valence-corrected chi connectivity index (χ2v) is 13.3. The molecule has 0 unspecified atom stereocenters. The Kier molecular flexibility index (Phi) is 5.37. The second kappa shape index (κ2) is 9.57. The summed E-state index contributed by atoms with van der Waals surface area (Å²) in [5, 5.41) is 9.78. The summed E-state index contributed by atoms with van der Waals surface area (Å²) < 4.78 is 6.27. The quantitative estimate of drug-likeness (QED) is 0.187. The summed E-state index contributed by atoms with van der Waals surface area (Å²) >= 11 is 0. The molecule has 0 spiro atoms. The number of hydrogen-bond donors (Lipinski definition) is 0. The van der Waals surface area contributed by atoms with E-state index in [-0.39, 0.29) is 5.41 Å². The van der Waals surface area contributed by atoms with Crippen molar-refractivity contribution < 1.29 is 4.42 Å². The van der Waals surface area contributed by atoms with Gasteiger partial charge in [0.05, 0.1) is 5.69 Å². The molecule has 1 heterocycles. The molecule has 1 aliphatic carbocycles. The van der Waals surface area contributed by atoms with Crippen molar-refractivity contribution in [2.45, 2.75) is 19.3 Å². The fraction of sp³-hybridized carbons (Fsp3) is 0.0667. The highest BCUT2D eigenvalue weighted by Gasteiger charge is 2.36. The van der Waals surface area contributed by atoms with Gasteiger partial charge in [-0.15, -0.1) is 0 Å². The zero-order valence-electron chi connectivity index (χ0n) is 26.3. The first-order valence-electron chi connectivity index (χ1n) is 16.4. The van der Waals surface area contributed by atoms with Crippen molar-refractivity contribution in [1.29, 1.82) is 0 Å². The number of rotatable bonds is 3. The van der Waals surface area contributed by atoms with Gasteiger partial charge >= 0.3 is 0 Å². The Bertz CT molecular complexity index is 2730. The SMILES string of the molecule is CC1(C)c2ccccc2-c2ccc(N(c3ccc4oc5ccccc5c4c3)c3cc4ccc5ccccc5c4c4ccccc34)cc21. The molecule has 0 radical (unpaired) electrons. The highest BCUT2D eigenvalue weighted by atomic mass is 16.3. The average molecular weight is 602 g/mol. The normalized spacial score (nSPS) is 13.5. The largest absolute Gasteiger partial charge is 0.456 e. The predicted octanol–water partition coefficient (Wildman–Crippen LogP) is 12.8. The zero-order valence-corrected chi connectivity index (χ0v) is 26.3. The minimum atomic E-state index is -0.108. The van der Waals surface area contributed by atoms with Crippen molar-refractivity contribution in [3.8, 4) is 11.1 Å².